The standard InChI is InChI=1S/C17H18F4N2O2.C2H6S/c1-3-25-15-6-10(4-5-14(15)24-2)9-23-16-12(18)7-11(8-13(16)22)17(19,20)21;1-3-2/h4-8,23H,3,9,22H2,1-2H3;1-2H3. The number of methoxy groups -OCH3 is 1. The predicted octanol–water partition coefficient (Wildman–Crippen LogP) is 5.43. The fourth-order valence-electron chi connectivity index (χ4n) is 2.27. The molecule has 0 aliphatic rings. The Morgan fingerprint density at radius 2 is 1.75 bits per heavy atom. The van der Waals surface area contributed by atoms with E-state index >= 15 is 0 Å². The number of hydrogen-bond acceptors (Lipinski definition) is 5. The summed E-state index contributed by atoms with van der Waals surface area (Å²) in [5.74, 6) is 0.00172. The monoisotopic (exact) mass is 420 g/mol. The molecule has 0 radical (unpaired) electrons. The molecule has 0 heterocycles. The zero-order chi connectivity index (χ0) is 21.3. The van der Waals surface area contributed by atoms with Crippen molar-refractivity contribution in [3.63, 3.8) is 0 Å². The summed E-state index contributed by atoms with van der Waals surface area (Å²) in [4.78, 5) is 0. The van der Waals surface area contributed by atoms with Crippen LogP contribution in [-0.4, -0.2) is 26.2 Å². The zero-order valence-electron chi connectivity index (χ0n) is 16.1. The number of rotatable bonds is 6. The Bertz CT molecular complexity index is 747. The third-order valence-corrected chi connectivity index (χ3v) is 3.45. The molecule has 0 aliphatic carbocycles. The first-order valence-electron chi connectivity index (χ1n) is 8.27. The molecular formula is C19H24F4N2O2S. The van der Waals surface area contributed by atoms with Gasteiger partial charge in [-0.3, -0.25) is 0 Å². The molecule has 0 unspecified atom stereocenters. The maximum Gasteiger partial charge on any atom is 0.416 e. The van der Waals surface area contributed by atoms with Gasteiger partial charge in [-0.2, -0.15) is 24.9 Å². The highest BCUT2D eigenvalue weighted by Crippen LogP contribution is 2.35. The van der Waals surface area contributed by atoms with Gasteiger partial charge in [-0.25, -0.2) is 4.39 Å². The van der Waals surface area contributed by atoms with Gasteiger partial charge in [0.05, 0.1) is 30.7 Å². The summed E-state index contributed by atoms with van der Waals surface area (Å²) < 4.78 is 62.5. The molecule has 0 fully saturated rings. The van der Waals surface area contributed by atoms with Gasteiger partial charge < -0.3 is 20.5 Å². The SMILES string of the molecule is CCOc1cc(CNc2c(N)cc(C(F)(F)F)cc2F)ccc1OC.CSC. The lowest BCUT2D eigenvalue weighted by Crippen LogP contribution is -2.10. The van der Waals surface area contributed by atoms with Gasteiger partial charge in [-0.05, 0) is 49.3 Å². The fraction of sp³-hybridized carbons (Fsp3) is 0.368. The van der Waals surface area contributed by atoms with Crippen molar-refractivity contribution in [2.45, 2.75) is 19.6 Å². The molecule has 0 saturated heterocycles. The van der Waals surface area contributed by atoms with Gasteiger partial charge in [0, 0.05) is 6.54 Å². The zero-order valence-corrected chi connectivity index (χ0v) is 16.9. The topological polar surface area (TPSA) is 56.5 Å². The van der Waals surface area contributed by atoms with Crippen LogP contribution in [-0.2, 0) is 12.7 Å². The predicted molar refractivity (Wildman–Crippen MR) is 107 cm³/mol. The molecular weight excluding hydrogens is 396 g/mol. The van der Waals surface area contributed by atoms with Crippen LogP contribution in [0.25, 0.3) is 0 Å². The second-order valence-electron chi connectivity index (χ2n) is 5.60. The summed E-state index contributed by atoms with van der Waals surface area (Å²) in [6.07, 6.45) is -0.574. The highest BCUT2D eigenvalue weighted by molar-refractivity contribution is 7.97. The highest BCUT2D eigenvalue weighted by Gasteiger charge is 2.32. The second-order valence-corrected chi connectivity index (χ2v) is 6.42. The molecule has 4 nitrogen and oxygen atoms in total. The number of benzene rings is 2. The number of halogens is 4. The summed E-state index contributed by atoms with van der Waals surface area (Å²) in [5.41, 5.74) is 4.66. The first kappa shape index (κ1) is 23.7. The minimum Gasteiger partial charge on any atom is -0.493 e. The molecule has 0 bridgehead atoms. The van der Waals surface area contributed by atoms with Crippen molar-refractivity contribution in [1.29, 1.82) is 0 Å². The Hall–Kier alpha value is -2.29. The molecule has 2 rings (SSSR count). The number of hydrogen-bond donors (Lipinski definition) is 2. The first-order valence-corrected chi connectivity index (χ1v) is 9.91. The van der Waals surface area contributed by atoms with Crippen molar-refractivity contribution in [1.82, 2.24) is 0 Å². The Labute approximate surface area is 166 Å². The minimum absolute atomic E-state index is 0.149. The molecule has 2 aromatic carbocycles. The average Bonchev–Trinajstić information content (AvgIpc) is 2.61. The normalized spacial score (nSPS) is 10.7. The molecule has 0 spiro atoms. The molecule has 156 valence electrons. The van der Waals surface area contributed by atoms with Crippen molar-refractivity contribution < 1.29 is 27.0 Å². The molecule has 9 heteroatoms. The van der Waals surface area contributed by atoms with Gasteiger partial charge >= 0.3 is 6.18 Å². The quantitative estimate of drug-likeness (QED) is 0.482. The van der Waals surface area contributed by atoms with Gasteiger partial charge in [-0.1, -0.05) is 6.07 Å². The summed E-state index contributed by atoms with van der Waals surface area (Å²) in [6, 6.07) is 6.23. The summed E-state index contributed by atoms with van der Waals surface area (Å²) in [7, 11) is 1.51. The van der Waals surface area contributed by atoms with Crippen LogP contribution in [0.3, 0.4) is 0 Å². The summed E-state index contributed by atoms with van der Waals surface area (Å²) in [5, 5.41) is 2.72. The molecule has 0 aliphatic heterocycles. The molecule has 28 heavy (non-hydrogen) atoms. The van der Waals surface area contributed by atoms with Crippen LogP contribution in [0.15, 0.2) is 30.3 Å². The third-order valence-electron chi connectivity index (χ3n) is 3.45. The van der Waals surface area contributed by atoms with Crippen molar-refractivity contribution in [2.24, 2.45) is 0 Å². The second kappa shape index (κ2) is 10.9. The van der Waals surface area contributed by atoms with Crippen LogP contribution in [0.1, 0.15) is 18.1 Å². The number of nitrogen functional groups attached to an aromatic ring is 1. The van der Waals surface area contributed by atoms with Gasteiger partial charge in [-0.15, -0.1) is 0 Å². The van der Waals surface area contributed by atoms with E-state index in [0.29, 0.717) is 30.2 Å². The van der Waals surface area contributed by atoms with Crippen molar-refractivity contribution in [3.05, 3.63) is 47.3 Å². The lowest BCUT2D eigenvalue weighted by atomic mass is 10.1. The van der Waals surface area contributed by atoms with E-state index in [-0.39, 0.29) is 17.9 Å². The average molecular weight is 420 g/mol. The van der Waals surface area contributed by atoms with Crippen LogP contribution in [0.2, 0.25) is 0 Å². The smallest absolute Gasteiger partial charge is 0.416 e. The highest BCUT2D eigenvalue weighted by atomic mass is 32.2. The Kier molecular flexibility index (Phi) is 9.24. The number of alkyl halides is 3. The lowest BCUT2D eigenvalue weighted by Gasteiger charge is -2.15. The van der Waals surface area contributed by atoms with Gasteiger partial charge in [0.2, 0.25) is 0 Å². The van der Waals surface area contributed by atoms with Crippen molar-refractivity contribution >= 4 is 23.1 Å². The molecule has 2 aromatic rings. The minimum atomic E-state index is -4.66. The Morgan fingerprint density at radius 3 is 2.25 bits per heavy atom. The number of ether oxygens (including phenoxy) is 2. The molecule has 0 saturated carbocycles. The molecule has 3 N–H and O–H groups in total. The molecule has 0 atom stereocenters. The number of nitrogens with two attached hydrogens (primary N) is 1. The third kappa shape index (κ3) is 6.70. The van der Waals surface area contributed by atoms with Gasteiger partial charge in [0.25, 0.3) is 0 Å². The van der Waals surface area contributed by atoms with Crippen LogP contribution in [0.4, 0.5) is 28.9 Å². The van der Waals surface area contributed by atoms with Crippen LogP contribution >= 0.6 is 11.8 Å². The van der Waals surface area contributed by atoms with Crippen LogP contribution in [0, 0.1) is 5.82 Å². The van der Waals surface area contributed by atoms with E-state index in [9.17, 15) is 17.6 Å². The van der Waals surface area contributed by atoms with Crippen molar-refractivity contribution in [3.8, 4) is 11.5 Å². The van der Waals surface area contributed by atoms with Crippen LogP contribution < -0.4 is 20.5 Å². The van der Waals surface area contributed by atoms with E-state index in [1.807, 2.05) is 19.4 Å². The van der Waals surface area contributed by atoms with E-state index in [2.05, 4.69) is 5.32 Å². The molecule has 0 aromatic heterocycles. The lowest BCUT2D eigenvalue weighted by molar-refractivity contribution is -0.137. The van der Waals surface area contributed by atoms with Crippen molar-refractivity contribution in [2.75, 3.05) is 37.3 Å². The van der Waals surface area contributed by atoms with Gasteiger partial charge in [0.1, 0.15) is 5.82 Å². The van der Waals surface area contributed by atoms with Gasteiger partial charge in [0.15, 0.2) is 11.5 Å². The van der Waals surface area contributed by atoms with E-state index in [4.69, 9.17) is 15.2 Å². The fourth-order valence-corrected chi connectivity index (χ4v) is 2.27. The number of anilines is 2. The Morgan fingerprint density at radius 1 is 1.11 bits per heavy atom. The van der Waals surface area contributed by atoms with E-state index in [1.165, 1.54) is 7.11 Å². The van der Waals surface area contributed by atoms with E-state index in [1.54, 1.807) is 30.0 Å². The number of nitrogens with one attached hydrogen (secondary N) is 1. The largest absolute Gasteiger partial charge is 0.493 e. The van der Waals surface area contributed by atoms with E-state index in [0.717, 1.165) is 5.56 Å². The maximum absolute atomic E-state index is 14.0. The number of thioether (sulfide) groups is 1. The first-order chi connectivity index (χ1) is 13.2. The summed E-state index contributed by atoms with van der Waals surface area (Å²) >= 11 is 1.75. The maximum atomic E-state index is 14.0. The van der Waals surface area contributed by atoms with E-state index < -0.39 is 17.6 Å². The Balaban J connectivity index is 0.00000122. The van der Waals surface area contributed by atoms with Crippen LogP contribution in [0.5, 0.6) is 11.5 Å². The molecule has 0 amide bonds. The summed E-state index contributed by atoms with van der Waals surface area (Å²) in [6.45, 7) is 2.41.